The predicted octanol–water partition coefficient (Wildman–Crippen LogP) is 4.39. The molecule has 0 aromatic heterocycles. The van der Waals surface area contributed by atoms with E-state index in [0.717, 1.165) is 38.6 Å². The van der Waals surface area contributed by atoms with Crippen LogP contribution in [0, 0.1) is 0 Å². The first-order valence-electron chi connectivity index (χ1n) is 8.18. The highest BCUT2D eigenvalue weighted by Crippen LogP contribution is 2.45. The number of methoxy groups -OCH3 is 1. The summed E-state index contributed by atoms with van der Waals surface area (Å²) < 4.78 is 12.7. The number of thiocarbonyl (C=S) groups is 1. The largest absolute Gasteiger partial charge is 0.497 e. The number of halogens is 1. The molecule has 4 nitrogen and oxygen atoms in total. The van der Waals surface area contributed by atoms with E-state index in [0.29, 0.717) is 6.54 Å². The molecule has 6 heteroatoms. The normalized spacial score (nSPS) is 24.2. The van der Waals surface area contributed by atoms with Crippen molar-refractivity contribution in [3.05, 3.63) is 58.1 Å². The van der Waals surface area contributed by atoms with Crippen LogP contribution in [0.2, 0.25) is 0 Å². The third-order valence-corrected chi connectivity index (χ3v) is 5.71. The molecule has 0 radical (unpaired) electrons. The number of fused-ring (bicyclic) bond motifs is 4. The van der Waals surface area contributed by atoms with Gasteiger partial charge in [-0.1, -0.05) is 28.1 Å². The van der Waals surface area contributed by atoms with E-state index in [1.54, 1.807) is 7.11 Å². The molecule has 2 aliphatic heterocycles. The second-order valence-corrected chi connectivity index (χ2v) is 7.90. The SMILES string of the molecule is COc1ccc(CN2C(=S)N[C@H]3C[C@@]2(C)Oc2ccc(Br)cc23)cc1. The lowest BCUT2D eigenvalue weighted by Gasteiger charge is -2.52. The smallest absolute Gasteiger partial charge is 0.184 e. The second-order valence-electron chi connectivity index (χ2n) is 6.60. The van der Waals surface area contributed by atoms with Gasteiger partial charge in [-0.05, 0) is 55.0 Å². The van der Waals surface area contributed by atoms with Crippen LogP contribution in [0.3, 0.4) is 0 Å². The molecular formula is C19H19BrN2O2S. The zero-order chi connectivity index (χ0) is 17.6. The Morgan fingerprint density at radius 3 is 2.80 bits per heavy atom. The quantitative estimate of drug-likeness (QED) is 0.747. The summed E-state index contributed by atoms with van der Waals surface area (Å²) in [5.41, 5.74) is 1.85. The van der Waals surface area contributed by atoms with E-state index >= 15 is 0 Å². The Bertz CT molecular complexity index is 827. The summed E-state index contributed by atoms with van der Waals surface area (Å²) in [6.07, 6.45) is 0.840. The minimum Gasteiger partial charge on any atom is -0.497 e. The Morgan fingerprint density at radius 2 is 2.08 bits per heavy atom. The maximum absolute atomic E-state index is 6.40. The number of ether oxygens (including phenoxy) is 2. The standard InChI is InChI=1S/C19H19BrN2O2S/c1-19-10-16(15-9-13(20)5-8-17(15)24-19)21-18(25)22(19)11-12-3-6-14(23-2)7-4-12/h3-9,16H,10-11H2,1-2H3,(H,21,25)/t16-,19+/m0/s1. The number of hydrogen-bond acceptors (Lipinski definition) is 3. The number of benzene rings is 2. The average molecular weight is 419 g/mol. The first kappa shape index (κ1) is 16.7. The van der Waals surface area contributed by atoms with Gasteiger partial charge in [0.1, 0.15) is 11.5 Å². The highest BCUT2D eigenvalue weighted by Gasteiger charge is 2.47. The van der Waals surface area contributed by atoms with Gasteiger partial charge in [0, 0.05) is 23.0 Å². The van der Waals surface area contributed by atoms with Crippen molar-refractivity contribution >= 4 is 33.3 Å². The molecule has 2 bridgehead atoms. The highest BCUT2D eigenvalue weighted by molar-refractivity contribution is 9.10. The van der Waals surface area contributed by atoms with Gasteiger partial charge in [0.2, 0.25) is 0 Å². The molecule has 1 fully saturated rings. The maximum Gasteiger partial charge on any atom is 0.184 e. The van der Waals surface area contributed by atoms with Gasteiger partial charge >= 0.3 is 0 Å². The summed E-state index contributed by atoms with van der Waals surface area (Å²) in [5, 5.41) is 4.20. The fourth-order valence-corrected chi connectivity index (χ4v) is 4.32. The summed E-state index contributed by atoms with van der Waals surface area (Å²) in [6.45, 7) is 2.80. The third kappa shape index (κ3) is 2.98. The van der Waals surface area contributed by atoms with E-state index in [9.17, 15) is 0 Å². The number of hydrogen-bond donors (Lipinski definition) is 1. The van der Waals surface area contributed by atoms with E-state index in [2.05, 4.69) is 51.3 Å². The summed E-state index contributed by atoms with van der Waals surface area (Å²) in [4.78, 5) is 2.13. The molecule has 2 aromatic carbocycles. The Balaban J connectivity index is 1.64. The Labute approximate surface area is 161 Å². The van der Waals surface area contributed by atoms with Crippen molar-refractivity contribution in [2.75, 3.05) is 7.11 Å². The van der Waals surface area contributed by atoms with Crippen LogP contribution in [-0.2, 0) is 6.54 Å². The lowest BCUT2D eigenvalue weighted by molar-refractivity contribution is -0.0722. The topological polar surface area (TPSA) is 33.7 Å². The van der Waals surface area contributed by atoms with E-state index in [-0.39, 0.29) is 6.04 Å². The number of nitrogens with zero attached hydrogens (tertiary/aromatic N) is 1. The first-order chi connectivity index (χ1) is 12.0. The molecule has 0 aliphatic carbocycles. The Hall–Kier alpha value is -1.79. The summed E-state index contributed by atoms with van der Waals surface area (Å²) >= 11 is 9.20. The maximum atomic E-state index is 6.40. The fraction of sp³-hybridized carbons (Fsp3) is 0.316. The van der Waals surface area contributed by atoms with Crippen molar-refractivity contribution in [3.63, 3.8) is 0 Å². The molecular weight excluding hydrogens is 400 g/mol. The van der Waals surface area contributed by atoms with Crippen LogP contribution in [0.15, 0.2) is 46.9 Å². The van der Waals surface area contributed by atoms with Gasteiger partial charge in [0.25, 0.3) is 0 Å². The molecule has 0 amide bonds. The van der Waals surface area contributed by atoms with Gasteiger partial charge < -0.3 is 19.7 Å². The average Bonchev–Trinajstić information content (AvgIpc) is 2.60. The van der Waals surface area contributed by atoms with Gasteiger partial charge in [-0.3, -0.25) is 0 Å². The Morgan fingerprint density at radius 1 is 1.32 bits per heavy atom. The van der Waals surface area contributed by atoms with Gasteiger partial charge in [-0.2, -0.15) is 0 Å². The van der Waals surface area contributed by atoms with E-state index in [4.69, 9.17) is 21.7 Å². The molecule has 2 heterocycles. The monoisotopic (exact) mass is 418 g/mol. The minimum absolute atomic E-state index is 0.172. The summed E-state index contributed by atoms with van der Waals surface area (Å²) in [6, 6.07) is 14.4. The van der Waals surface area contributed by atoms with E-state index in [1.165, 1.54) is 0 Å². The van der Waals surface area contributed by atoms with Gasteiger partial charge in [0.15, 0.2) is 10.8 Å². The van der Waals surface area contributed by atoms with Crippen molar-refractivity contribution in [1.29, 1.82) is 0 Å². The molecule has 25 heavy (non-hydrogen) atoms. The van der Waals surface area contributed by atoms with Crippen molar-refractivity contribution in [1.82, 2.24) is 10.2 Å². The van der Waals surface area contributed by atoms with Crippen LogP contribution in [-0.4, -0.2) is 22.8 Å². The molecule has 0 unspecified atom stereocenters. The molecule has 1 N–H and O–H groups in total. The summed E-state index contributed by atoms with van der Waals surface area (Å²) in [5.74, 6) is 1.76. The number of rotatable bonds is 3. The first-order valence-corrected chi connectivity index (χ1v) is 9.38. The van der Waals surface area contributed by atoms with Gasteiger partial charge in [-0.25, -0.2) is 0 Å². The fourth-order valence-electron chi connectivity index (χ4n) is 3.54. The molecule has 1 saturated heterocycles. The molecule has 2 aliphatic rings. The van der Waals surface area contributed by atoms with Crippen LogP contribution in [0.25, 0.3) is 0 Å². The van der Waals surface area contributed by atoms with Crippen LogP contribution >= 0.6 is 28.1 Å². The van der Waals surface area contributed by atoms with Crippen molar-refractivity contribution < 1.29 is 9.47 Å². The van der Waals surface area contributed by atoms with Crippen LogP contribution in [0.5, 0.6) is 11.5 Å². The second kappa shape index (κ2) is 6.18. The van der Waals surface area contributed by atoms with Crippen molar-refractivity contribution in [2.24, 2.45) is 0 Å². The van der Waals surface area contributed by atoms with Crippen LogP contribution < -0.4 is 14.8 Å². The van der Waals surface area contributed by atoms with Gasteiger partial charge in [0.05, 0.1) is 13.2 Å². The lowest BCUT2D eigenvalue weighted by Crippen LogP contribution is -2.64. The van der Waals surface area contributed by atoms with Crippen molar-refractivity contribution in [3.8, 4) is 11.5 Å². The van der Waals surface area contributed by atoms with Crippen molar-refractivity contribution in [2.45, 2.75) is 31.7 Å². The molecule has 2 atom stereocenters. The van der Waals surface area contributed by atoms with Gasteiger partial charge in [-0.15, -0.1) is 0 Å². The Kier molecular flexibility index (Phi) is 4.12. The van der Waals surface area contributed by atoms with E-state index in [1.807, 2.05) is 24.3 Å². The van der Waals surface area contributed by atoms with Crippen LogP contribution in [0.4, 0.5) is 0 Å². The summed E-state index contributed by atoms with van der Waals surface area (Å²) in [7, 11) is 1.67. The van der Waals surface area contributed by atoms with Crippen LogP contribution in [0.1, 0.15) is 30.5 Å². The molecule has 4 rings (SSSR count). The lowest BCUT2D eigenvalue weighted by atomic mass is 9.90. The number of nitrogens with one attached hydrogen (secondary N) is 1. The molecule has 0 spiro atoms. The van der Waals surface area contributed by atoms with E-state index < -0.39 is 5.72 Å². The zero-order valence-electron chi connectivity index (χ0n) is 14.1. The zero-order valence-corrected chi connectivity index (χ0v) is 16.5. The minimum atomic E-state index is -0.465. The third-order valence-electron chi connectivity index (χ3n) is 4.87. The molecule has 130 valence electrons. The molecule has 2 aromatic rings. The molecule has 0 saturated carbocycles. The highest BCUT2D eigenvalue weighted by atomic mass is 79.9. The predicted molar refractivity (Wildman–Crippen MR) is 105 cm³/mol.